The number of nitrogens with zero attached hydrogens (tertiary/aromatic N) is 1. The predicted octanol–water partition coefficient (Wildman–Crippen LogP) is 2.37. The minimum atomic E-state index is -3.36. The lowest BCUT2D eigenvalue weighted by Gasteiger charge is -2.15. The van der Waals surface area contributed by atoms with Gasteiger partial charge in [-0.15, -0.1) is 0 Å². The number of guanidine groups is 1. The fourth-order valence-electron chi connectivity index (χ4n) is 2.31. The number of nitrogens with one attached hydrogen (secondary N) is 3. The lowest BCUT2D eigenvalue weighted by atomic mass is 10.1. The summed E-state index contributed by atoms with van der Waals surface area (Å²) in [5.41, 5.74) is 2.70. The van der Waals surface area contributed by atoms with E-state index in [1.165, 1.54) is 6.07 Å². The molecule has 0 saturated carbocycles. The highest BCUT2D eigenvalue weighted by atomic mass is 32.2. The van der Waals surface area contributed by atoms with E-state index in [0.29, 0.717) is 30.3 Å². The maximum absolute atomic E-state index is 13.6. The van der Waals surface area contributed by atoms with E-state index in [9.17, 15) is 12.8 Å². The van der Waals surface area contributed by atoms with Crippen molar-refractivity contribution in [2.45, 2.75) is 20.0 Å². The largest absolute Gasteiger partial charge is 0.352 e. The third-order valence-electron chi connectivity index (χ3n) is 3.68. The molecule has 0 unspecified atom stereocenters. The highest BCUT2D eigenvalue weighted by Crippen LogP contribution is 2.16. The molecule has 0 aliphatic carbocycles. The standard InChI is InChI=1S/C18H23FN4O2S/c1-13-8-9-14(10-16(13)19)11-21-18(20-2)22-12-15-6-4-5-7-17(15)23-26(3,24)25/h4-10,23H,11-12H2,1-3H3,(H2,20,21,22). The summed E-state index contributed by atoms with van der Waals surface area (Å²) in [6.45, 7) is 2.51. The molecule has 2 rings (SSSR count). The summed E-state index contributed by atoms with van der Waals surface area (Å²) in [4.78, 5) is 4.12. The zero-order chi connectivity index (χ0) is 19.2. The number of anilines is 1. The van der Waals surface area contributed by atoms with Crippen molar-refractivity contribution in [3.8, 4) is 0 Å². The van der Waals surface area contributed by atoms with Gasteiger partial charge in [-0.25, -0.2) is 12.8 Å². The van der Waals surface area contributed by atoms with Crippen LogP contribution in [0.2, 0.25) is 0 Å². The van der Waals surface area contributed by atoms with Crippen LogP contribution in [0.4, 0.5) is 10.1 Å². The molecule has 0 bridgehead atoms. The first-order valence-corrected chi connectivity index (χ1v) is 9.93. The molecule has 0 saturated heterocycles. The van der Waals surface area contributed by atoms with Crippen molar-refractivity contribution in [2.75, 3.05) is 18.0 Å². The average Bonchev–Trinajstić information content (AvgIpc) is 2.58. The molecule has 0 amide bonds. The SMILES string of the molecule is CN=C(NCc1ccc(C)c(F)c1)NCc1ccccc1NS(C)(=O)=O. The van der Waals surface area contributed by atoms with E-state index in [4.69, 9.17) is 0 Å². The van der Waals surface area contributed by atoms with Crippen molar-refractivity contribution >= 4 is 21.7 Å². The predicted molar refractivity (Wildman–Crippen MR) is 103 cm³/mol. The smallest absolute Gasteiger partial charge is 0.229 e. The highest BCUT2D eigenvalue weighted by Gasteiger charge is 2.08. The van der Waals surface area contributed by atoms with Crippen LogP contribution in [0.1, 0.15) is 16.7 Å². The number of halogens is 1. The van der Waals surface area contributed by atoms with Crippen LogP contribution in [0.5, 0.6) is 0 Å². The highest BCUT2D eigenvalue weighted by molar-refractivity contribution is 7.92. The van der Waals surface area contributed by atoms with Crippen molar-refractivity contribution in [1.82, 2.24) is 10.6 Å². The summed E-state index contributed by atoms with van der Waals surface area (Å²) in [6.07, 6.45) is 1.11. The van der Waals surface area contributed by atoms with Crippen molar-refractivity contribution < 1.29 is 12.8 Å². The number of para-hydroxylation sites is 1. The molecule has 0 radical (unpaired) electrons. The van der Waals surface area contributed by atoms with Gasteiger partial charge in [0.1, 0.15) is 5.82 Å². The second kappa shape index (κ2) is 8.66. The summed E-state index contributed by atoms with van der Waals surface area (Å²) in [5.74, 6) is 0.285. The van der Waals surface area contributed by atoms with Gasteiger partial charge in [0.2, 0.25) is 10.0 Å². The van der Waals surface area contributed by atoms with Crippen molar-refractivity contribution in [3.63, 3.8) is 0 Å². The van der Waals surface area contributed by atoms with Crippen LogP contribution in [0.3, 0.4) is 0 Å². The monoisotopic (exact) mass is 378 g/mol. The minimum Gasteiger partial charge on any atom is -0.352 e. The third-order valence-corrected chi connectivity index (χ3v) is 4.27. The fraction of sp³-hybridized carbons (Fsp3) is 0.278. The van der Waals surface area contributed by atoms with Crippen LogP contribution in [-0.4, -0.2) is 27.7 Å². The summed E-state index contributed by atoms with van der Waals surface area (Å²) in [7, 11) is -1.73. The summed E-state index contributed by atoms with van der Waals surface area (Å²) < 4.78 is 39.0. The Morgan fingerprint density at radius 3 is 2.46 bits per heavy atom. The Bertz CT molecular complexity index is 898. The van der Waals surface area contributed by atoms with E-state index in [0.717, 1.165) is 17.4 Å². The summed E-state index contributed by atoms with van der Waals surface area (Å²) in [5, 5.41) is 6.22. The number of sulfonamides is 1. The van der Waals surface area contributed by atoms with E-state index in [-0.39, 0.29) is 5.82 Å². The molecule has 6 nitrogen and oxygen atoms in total. The summed E-state index contributed by atoms with van der Waals surface area (Å²) in [6, 6.07) is 12.2. The molecule has 26 heavy (non-hydrogen) atoms. The van der Waals surface area contributed by atoms with Gasteiger partial charge in [0.05, 0.1) is 11.9 Å². The Kier molecular flexibility index (Phi) is 6.57. The van der Waals surface area contributed by atoms with Gasteiger partial charge >= 0.3 is 0 Å². The van der Waals surface area contributed by atoms with Crippen molar-refractivity contribution in [2.24, 2.45) is 4.99 Å². The number of aryl methyl sites for hydroxylation is 1. The molecule has 0 aliphatic rings. The molecule has 2 aromatic rings. The van der Waals surface area contributed by atoms with Gasteiger partial charge in [0.15, 0.2) is 5.96 Å². The first-order valence-electron chi connectivity index (χ1n) is 8.04. The first kappa shape index (κ1) is 19.7. The molecule has 0 atom stereocenters. The second-order valence-electron chi connectivity index (χ2n) is 5.89. The Labute approximate surface area is 153 Å². The van der Waals surface area contributed by atoms with Crippen LogP contribution < -0.4 is 15.4 Å². The normalized spacial score (nSPS) is 11.9. The molecule has 8 heteroatoms. The molecule has 140 valence electrons. The summed E-state index contributed by atoms with van der Waals surface area (Å²) >= 11 is 0. The maximum Gasteiger partial charge on any atom is 0.229 e. The van der Waals surface area contributed by atoms with Crippen LogP contribution in [-0.2, 0) is 23.1 Å². The molecule has 3 N–H and O–H groups in total. The van der Waals surface area contributed by atoms with Crippen LogP contribution in [0.25, 0.3) is 0 Å². The van der Waals surface area contributed by atoms with Gasteiger partial charge in [-0.05, 0) is 35.7 Å². The number of aliphatic imine (C=N–C) groups is 1. The van der Waals surface area contributed by atoms with Crippen LogP contribution in [0, 0.1) is 12.7 Å². The maximum atomic E-state index is 13.6. The molecule has 0 spiro atoms. The minimum absolute atomic E-state index is 0.243. The Hall–Kier alpha value is -2.61. The van der Waals surface area contributed by atoms with Gasteiger partial charge in [-0.2, -0.15) is 0 Å². The van der Waals surface area contributed by atoms with Gasteiger partial charge in [-0.1, -0.05) is 30.3 Å². The van der Waals surface area contributed by atoms with Gasteiger partial charge in [0.25, 0.3) is 0 Å². The van der Waals surface area contributed by atoms with Crippen LogP contribution in [0.15, 0.2) is 47.5 Å². The van der Waals surface area contributed by atoms with Crippen molar-refractivity contribution in [1.29, 1.82) is 0 Å². The Morgan fingerprint density at radius 1 is 1.12 bits per heavy atom. The van der Waals surface area contributed by atoms with Gasteiger partial charge in [0, 0.05) is 20.1 Å². The zero-order valence-corrected chi connectivity index (χ0v) is 15.8. The fourth-order valence-corrected chi connectivity index (χ4v) is 2.90. The molecule has 2 aromatic carbocycles. The topological polar surface area (TPSA) is 82.6 Å². The molecule has 0 aromatic heterocycles. The van der Waals surface area contributed by atoms with E-state index in [1.807, 2.05) is 18.2 Å². The Balaban J connectivity index is 1.98. The van der Waals surface area contributed by atoms with E-state index in [1.54, 1.807) is 32.2 Å². The van der Waals surface area contributed by atoms with E-state index >= 15 is 0 Å². The Morgan fingerprint density at radius 2 is 1.81 bits per heavy atom. The number of rotatable bonds is 6. The molecular formula is C18H23FN4O2S. The zero-order valence-electron chi connectivity index (χ0n) is 15.0. The van der Waals surface area contributed by atoms with Crippen molar-refractivity contribution in [3.05, 3.63) is 65.0 Å². The number of benzene rings is 2. The molecule has 0 heterocycles. The number of hydrogen-bond donors (Lipinski definition) is 3. The molecule has 0 fully saturated rings. The lowest BCUT2D eigenvalue weighted by molar-refractivity contribution is 0.606. The van der Waals surface area contributed by atoms with Crippen LogP contribution >= 0.6 is 0 Å². The van der Waals surface area contributed by atoms with Gasteiger partial charge < -0.3 is 10.6 Å². The first-order chi connectivity index (χ1) is 12.3. The average molecular weight is 378 g/mol. The lowest BCUT2D eigenvalue weighted by Crippen LogP contribution is -2.36. The quantitative estimate of drug-likeness (QED) is 0.532. The number of hydrogen-bond acceptors (Lipinski definition) is 3. The third kappa shape index (κ3) is 6.03. The second-order valence-corrected chi connectivity index (χ2v) is 7.64. The van der Waals surface area contributed by atoms with Gasteiger partial charge in [-0.3, -0.25) is 9.71 Å². The van der Waals surface area contributed by atoms with E-state index < -0.39 is 10.0 Å². The van der Waals surface area contributed by atoms with E-state index in [2.05, 4.69) is 20.3 Å². The molecule has 0 aliphatic heterocycles. The molecular weight excluding hydrogens is 355 g/mol.